The topological polar surface area (TPSA) is 39.3 Å². The Hall–Kier alpha value is -2.40. The molecule has 1 aromatic carbocycles. The fraction of sp³-hybridized carbons (Fsp3) is 0.0667. The highest BCUT2D eigenvalue weighted by Crippen LogP contribution is 2.21. The average molecular weight is 281 g/mol. The molecule has 0 fully saturated rings. The maximum absolute atomic E-state index is 12.3. The van der Waals surface area contributed by atoms with Crippen molar-refractivity contribution in [2.75, 3.05) is 0 Å². The lowest BCUT2D eigenvalue weighted by molar-refractivity contribution is 0.0978. The molecule has 3 aromatic heterocycles. The van der Waals surface area contributed by atoms with Crippen LogP contribution < -0.4 is 0 Å². The van der Waals surface area contributed by atoms with E-state index in [1.807, 2.05) is 56.9 Å². The van der Waals surface area contributed by atoms with Crippen molar-refractivity contribution in [2.24, 2.45) is 0 Å². The summed E-state index contributed by atoms with van der Waals surface area (Å²) in [6, 6.07) is 11.8. The van der Waals surface area contributed by atoms with Crippen molar-refractivity contribution in [1.82, 2.24) is 14.0 Å². The number of nitrogens with zero attached hydrogens (tertiary/aromatic N) is 3. The minimum absolute atomic E-state index is 0.117. The molecule has 0 unspecified atom stereocenters. The first-order chi connectivity index (χ1) is 9.84. The van der Waals surface area contributed by atoms with Gasteiger partial charge >= 0.3 is 0 Å². The third kappa shape index (κ3) is 1.60. The molecule has 0 aliphatic carbocycles. The van der Waals surface area contributed by atoms with Crippen LogP contribution in [0, 0.1) is 0 Å². The average Bonchev–Trinajstić information content (AvgIpc) is 3.17. The van der Waals surface area contributed by atoms with Crippen molar-refractivity contribution < 1.29 is 4.79 Å². The number of carbonyl (C=O) groups excluding carboxylic acids is 1. The highest BCUT2D eigenvalue weighted by molar-refractivity contribution is 7.12. The molecule has 98 valence electrons. The van der Waals surface area contributed by atoms with Crippen molar-refractivity contribution in [3.05, 3.63) is 59.0 Å². The van der Waals surface area contributed by atoms with Crippen molar-refractivity contribution in [2.45, 2.75) is 6.54 Å². The maximum atomic E-state index is 12.3. The molecule has 0 amide bonds. The van der Waals surface area contributed by atoms with Gasteiger partial charge in [0.05, 0.1) is 22.5 Å². The molecule has 0 saturated carbocycles. The Balaban J connectivity index is 1.89. The van der Waals surface area contributed by atoms with Crippen LogP contribution >= 0.6 is 11.3 Å². The predicted octanol–water partition coefficient (Wildman–Crippen LogP) is 3.23. The van der Waals surface area contributed by atoms with Gasteiger partial charge in [-0.2, -0.15) is 0 Å². The fourth-order valence-corrected chi connectivity index (χ4v) is 3.16. The summed E-state index contributed by atoms with van der Waals surface area (Å²) in [6.45, 7) is 0.314. The number of aromatic nitrogens is 3. The number of para-hydroxylation sites is 2. The number of imidazole rings is 2. The van der Waals surface area contributed by atoms with E-state index < -0.39 is 0 Å². The minimum Gasteiger partial charge on any atom is -0.302 e. The van der Waals surface area contributed by atoms with E-state index in [0.29, 0.717) is 6.54 Å². The third-order valence-electron chi connectivity index (χ3n) is 3.39. The van der Waals surface area contributed by atoms with Gasteiger partial charge < -0.3 is 4.57 Å². The van der Waals surface area contributed by atoms with E-state index in [0.717, 1.165) is 21.7 Å². The van der Waals surface area contributed by atoms with Gasteiger partial charge in [-0.15, -0.1) is 11.3 Å². The number of benzene rings is 1. The first kappa shape index (κ1) is 11.4. The number of hydrogen-bond donors (Lipinski definition) is 0. The zero-order valence-electron chi connectivity index (χ0n) is 10.6. The summed E-state index contributed by atoms with van der Waals surface area (Å²) in [4.78, 5) is 17.5. The van der Waals surface area contributed by atoms with Crippen LogP contribution in [0.3, 0.4) is 0 Å². The van der Waals surface area contributed by atoms with E-state index in [2.05, 4.69) is 4.98 Å². The quantitative estimate of drug-likeness (QED) is 0.541. The van der Waals surface area contributed by atoms with Gasteiger partial charge in [0.15, 0.2) is 5.78 Å². The van der Waals surface area contributed by atoms with Crippen LogP contribution in [0.5, 0.6) is 0 Å². The number of Topliss-reactive ketones (excluding diaryl/α,β-unsaturated/α-hetero) is 1. The first-order valence-corrected chi connectivity index (χ1v) is 7.19. The lowest BCUT2D eigenvalue weighted by Gasteiger charge is -2.02. The molecule has 4 nitrogen and oxygen atoms in total. The first-order valence-electron chi connectivity index (χ1n) is 6.31. The summed E-state index contributed by atoms with van der Waals surface area (Å²) in [6.07, 6.45) is 3.68. The summed E-state index contributed by atoms with van der Waals surface area (Å²) in [5.74, 6) is 0.919. The summed E-state index contributed by atoms with van der Waals surface area (Å²) >= 11 is 1.48. The summed E-state index contributed by atoms with van der Waals surface area (Å²) in [7, 11) is 0. The Kier molecular flexibility index (Phi) is 2.47. The van der Waals surface area contributed by atoms with E-state index in [4.69, 9.17) is 0 Å². The van der Waals surface area contributed by atoms with Crippen LogP contribution in [-0.2, 0) is 6.54 Å². The lowest BCUT2D eigenvalue weighted by Crippen LogP contribution is -2.09. The number of fused-ring (bicyclic) bond motifs is 3. The smallest absolute Gasteiger partial charge is 0.215 e. The van der Waals surface area contributed by atoms with Gasteiger partial charge in [0, 0.05) is 12.4 Å². The molecule has 0 aliphatic heterocycles. The molecule has 0 atom stereocenters. The second-order valence-electron chi connectivity index (χ2n) is 4.57. The molecular formula is C15H11N3OS. The Labute approximate surface area is 118 Å². The van der Waals surface area contributed by atoms with Crippen molar-refractivity contribution in [3.8, 4) is 0 Å². The van der Waals surface area contributed by atoms with Gasteiger partial charge in [-0.25, -0.2) is 4.98 Å². The van der Waals surface area contributed by atoms with E-state index in [9.17, 15) is 4.79 Å². The molecular weight excluding hydrogens is 270 g/mol. The maximum Gasteiger partial charge on any atom is 0.215 e. The Bertz CT molecular complexity index is 902. The Morgan fingerprint density at radius 3 is 2.80 bits per heavy atom. The van der Waals surface area contributed by atoms with Gasteiger partial charge in [0.2, 0.25) is 5.78 Å². The van der Waals surface area contributed by atoms with Crippen LogP contribution in [-0.4, -0.2) is 19.7 Å². The number of ketones is 1. The highest BCUT2D eigenvalue weighted by Gasteiger charge is 2.15. The number of thiophene rings is 1. The van der Waals surface area contributed by atoms with E-state index in [1.165, 1.54) is 11.3 Å². The molecule has 4 aromatic rings. The number of carbonyl (C=O) groups is 1. The lowest BCUT2D eigenvalue weighted by atomic mass is 10.3. The van der Waals surface area contributed by atoms with Crippen molar-refractivity contribution in [3.63, 3.8) is 0 Å². The van der Waals surface area contributed by atoms with Crippen LogP contribution in [0.1, 0.15) is 9.67 Å². The zero-order chi connectivity index (χ0) is 13.5. The molecule has 5 heteroatoms. The largest absolute Gasteiger partial charge is 0.302 e. The summed E-state index contributed by atoms with van der Waals surface area (Å²) < 4.78 is 3.98. The predicted molar refractivity (Wildman–Crippen MR) is 79.3 cm³/mol. The van der Waals surface area contributed by atoms with Gasteiger partial charge in [-0.05, 0) is 23.6 Å². The van der Waals surface area contributed by atoms with Crippen LogP contribution in [0.25, 0.3) is 16.8 Å². The van der Waals surface area contributed by atoms with Crippen LogP contribution in [0.2, 0.25) is 0 Å². The summed E-state index contributed by atoms with van der Waals surface area (Å²) in [5.41, 5.74) is 2.10. The monoisotopic (exact) mass is 281 g/mol. The molecule has 3 heterocycles. The normalized spacial score (nSPS) is 11.4. The molecule has 0 spiro atoms. The summed E-state index contributed by atoms with van der Waals surface area (Å²) in [5, 5.41) is 1.92. The highest BCUT2D eigenvalue weighted by atomic mass is 32.1. The van der Waals surface area contributed by atoms with Gasteiger partial charge in [-0.3, -0.25) is 9.20 Å². The molecule has 20 heavy (non-hydrogen) atoms. The van der Waals surface area contributed by atoms with E-state index in [1.54, 1.807) is 6.20 Å². The van der Waals surface area contributed by atoms with Gasteiger partial charge in [-0.1, -0.05) is 18.2 Å². The fourth-order valence-electron chi connectivity index (χ4n) is 2.50. The standard InChI is InChI=1S/C15H11N3OS/c19-13(14-6-3-9-20-14)10-18-12-5-2-1-4-11(12)17-8-7-16-15(17)18/h1-9H,10H2. The van der Waals surface area contributed by atoms with E-state index >= 15 is 0 Å². The Morgan fingerprint density at radius 1 is 1.15 bits per heavy atom. The number of rotatable bonds is 3. The molecule has 0 bridgehead atoms. The number of hydrogen-bond acceptors (Lipinski definition) is 3. The second kappa shape index (κ2) is 4.31. The second-order valence-corrected chi connectivity index (χ2v) is 5.52. The molecule has 4 rings (SSSR count). The van der Waals surface area contributed by atoms with Gasteiger partial charge in [0.1, 0.15) is 0 Å². The zero-order valence-corrected chi connectivity index (χ0v) is 11.4. The van der Waals surface area contributed by atoms with Crippen LogP contribution in [0.15, 0.2) is 54.2 Å². The minimum atomic E-state index is 0.117. The molecule has 0 aliphatic rings. The third-order valence-corrected chi connectivity index (χ3v) is 4.30. The SMILES string of the molecule is O=C(Cn1c2ccccc2n2ccnc12)c1cccs1. The Morgan fingerprint density at radius 2 is 2.00 bits per heavy atom. The molecule has 0 radical (unpaired) electrons. The molecule has 0 saturated heterocycles. The van der Waals surface area contributed by atoms with Gasteiger partial charge in [0.25, 0.3) is 0 Å². The van der Waals surface area contributed by atoms with E-state index in [-0.39, 0.29) is 5.78 Å². The molecule has 0 N–H and O–H groups in total. The van der Waals surface area contributed by atoms with Crippen molar-refractivity contribution >= 4 is 33.9 Å². The van der Waals surface area contributed by atoms with Crippen molar-refractivity contribution in [1.29, 1.82) is 0 Å². The van der Waals surface area contributed by atoms with Crippen LogP contribution in [0.4, 0.5) is 0 Å².